The van der Waals surface area contributed by atoms with Crippen molar-refractivity contribution in [2.45, 2.75) is 57.3 Å². The molecule has 0 atom stereocenters. The third kappa shape index (κ3) is 4.49. The van der Waals surface area contributed by atoms with E-state index in [2.05, 4.69) is 44.0 Å². The first-order valence-corrected chi connectivity index (χ1v) is 7.78. The molecule has 0 radical (unpaired) electrons. The summed E-state index contributed by atoms with van der Waals surface area (Å²) in [4.78, 5) is 5.40. The highest BCUT2D eigenvalue weighted by atomic mass is 32.2. The molecule has 0 aliphatic rings. The van der Waals surface area contributed by atoms with Crippen molar-refractivity contribution < 1.29 is 0 Å². The van der Waals surface area contributed by atoms with Gasteiger partial charge in [-0.15, -0.1) is 0 Å². The smallest absolute Gasteiger partial charge is 0.0585 e. The van der Waals surface area contributed by atoms with E-state index < -0.39 is 0 Å². The lowest BCUT2D eigenvalue weighted by Crippen LogP contribution is -1.99. The summed E-state index contributed by atoms with van der Waals surface area (Å²) in [6.07, 6.45) is 5.11. The molecule has 0 unspecified atom stereocenters. The minimum absolute atomic E-state index is 0.721. The highest BCUT2D eigenvalue weighted by Gasteiger charge is 2.11. The van der Waals surface area contributed by atoms with Crippen LogP contribution in [0.1, 0.15) is 56.6 Å². The number of aliphatic imine (C=N–C) groups is 1. The summed E-state index contributed by atoms with van der Waals surface area (Å²) in [7, 11) is 1.82. The number of benzene rings is 1. The molecule has 1 rings (SSSR count). The lowest BCUT2D eigenvalue weighted by Gasteiger charge is -2.17. The van der Waals surface area contributed by atoms with Gasteiger partial charge in [-0.2, -0.15) is 0 Å². The molecule has 0 saturated carbocycles. The van der Waals surface area contributed by atoms with Gasteiger partial charge in [0.25, 0.3) is 0 Å². The summed E-state index contributed by atoms with van der Waals surface area (Å²) in [5.41, 5.74) is 4.76. The third-order valence-corrected chi connectivity index (χ3v) is 4.25. The van der Waals surface area contributed by atoms with E-state index in [1.807, 2.05) is 12.6 Å². The van der Waals surface area contributed by atoms with E-state index in [9.17, 15) is 0 Å². The lowest BCUT2D eigenvalue weighted by molar-refractivity contribution is 0.560. The zero-order valence-electron chi connectivity index (χ0n) is 12.1. The van der Waals surface area contributed by atoms with Gasteiger partial charge < -0.3 is 0 Å². The highest BCUT2D eigenvalue weighted by Crippen LogP contribution is 2.30. The Morgan fingerprint density at radius 2 is 1.89 bits per heavy atom. The second kappa shape index (κ2) is 8.36. The Morgan fingerprint density at radius 1 is 1.22 bits per heavy atom. The average Bonchev–Trinajstić information content (AvgIpc) is 2.38. The van der Waals surface area contributed by atoms with Crippen LogP contribution >= 0.6 is 11.8 Å². The van der Waals surface area contributed by atoms with Crippen LogP contribution < -0.4 is 0 Å². The van der Waals surface area contributed by atoms with Crippen molar-refractivity contribution in [1.29, 1.82) is 0 Å². The van der Waals surface area contributed by atoms with Crippen LogP contribution in [0, 0.1) is 6.92 Å². The number of nitrogens with zero attached hydrogens (tertiary/aromatic N) is 1. The molecule has 2 heteroatoms. The zero-order chi connectivity index (χ0) is 13.4. The predicted octanol–water partition coefficient (Wildman–Crippen LogP) is 5.43. The van der Waals surface area contributed by atoms with Crippen LogP contribution in [0.5, 0.6) is 0 Å². The van der Waals surface area contributed by atoms with E-state index in [-0.39, 0.29) is 0 Å². The minimum Gasteiger partial charge on any atom is -0.289 e. The molecule has 1 nitrogen and oxygen atoms in total. The molecular weight excluding hydrogens is 238 g/mol. The van der Waals surface area contributed by atoms with Crippen molar-refractivity contribution in [2.75, 3.05) is 7.05 Å². The van der Waals surface area contributed by atoms with Crippen molar-refractivity contribution in [1.82, 2.24) is 0 Å². The number of hydrogen-bond acceptors (Lipinski definition) is 2. The fourth-order valence-corrected chi connectivity index (χ4v) is 2.96. The monoisotopic (exact) mass is 263 g/mol. The zero-order valence-corrected chi connectivity index (χ0v) is 12.9. The Labute approximate surface area is 116 Å². The highest BCUT2D eigenvalue weighted by molar-refractivity contribution is 8.12. The first-order chi connectivity index (χ1) is 8.72. The Kier molecular flexibility index (Phi) is 7.11. The van der Waals surface area contributed by atoms with E-state index >= 15 is 0 Å². The topological polar surface area (TPSA) is 12.4 Å². The van der Waals surface area contributed by atoms with Crippen LogP contribution in [-0.2, 0) is 0 Å². The molecule has 0 N–H and O–H groups in total. The van der Waals surface area contributed by atoms with Crippen LogP contribution in [0.3, 0.4) is 0 Å². The van der Waals surface area contributed by atoms with Gasteiger partial charge in [0.2, 0.25) is 0 Å². The van der Waals surface area contributed by atoms with Crippen molar-refractivity contribution in [3.63, 3.8) is 0 Å². The molecule has 0 bridgehead atoms. The van der Waals surface area contributed by atoms with Crippen LogP contribution in [0.15, 0.2) is 28.1 Å². The van der Waals surface area contributed by atoms with Gasteiger partial charge in [-0.1, -0.05) is 50.6 Å². The van der Waals surface area contributed by atoms with Crippen LogP contribution in [0.4, 0.5) is 0 Å². The van der Waals surface area contributed by atoms with E-state index in [4.69, 9.17) is 0 Å². The summed E-state index contributed by atoms with van der Waals surface area (Å²) < 4.78 is 0. The number of rotatable bonds is 7. The van der Waals surface area contributed by atoms with Gasteiger partial charge in [0.05, 0.1) is 5.55 Å². The SMILES string of the molecule is CCCC(CCC)c1ccc(C)c(SC=NC)c1. The van der Waals surface area contributed by atoms with Crippen LogP contribution in [-0.4, -0.2) is 12.6 Å². The molecule has 0 aliphatic carbocycles. The summed E-state index contributed by atoms with van der Waals surface area (Å²) in [5.74, 6) is 0.721. The third-order valence-electron chi connectivity index (χ3n) is 3.24. The van der Waals surface area contributed by atoms with Gasteiger partial charge in [-0.3, -0.25) is 4.99 Å². The van der Waals surface area contributed by atoms with E-state index in [1.54, 1.807) is 11.8 Å². The van der Waals surface area contributed by atoms with Crippen LogP contribution in [0.2, 0.25) is 0 Å². The summed E-state index contributed by atoms with van der Waals surface area (Å²) in [6.45, 7) is 6.72. The fraction of sp³-hybridized carbons (Fsp3) is 0.562. The molecule has 0 spiro atoms. The van der Waals surface area contributed by atoms with Crippen molar-refractivity contribution >= 4 is 17.3 Å². The van der Waals surface area contributed by atoms with Gasteiger partial charge in [0, 0.05) is 11.9 Å². The van der Waals surface area contributed by atoms with Gasteiger partial charge >= 0.3 is 0 Å². The van der Waals surface area contributed by atoms with Gasteiger partial charge in [-0.05, 0) is 42.9 Å². The van der Waals surface area contributed by atoms with E-state index in [1.165, 1.54) is 41.7 Å². The molecule has 0 amide bonds. The normalized spacial score (nSPS) is 11.6. The number of aryl methyl sites for hydroxylation is 1. The Bertz CT molecular complexity index is 379. The molecule has 0 saturated heterocycles. The molecule has 1 aromatic carbocycles. The van der Waals surface area contributed by atoms with Crippen molar-refractivity contribution in [3.8, 4) is 0 Å². The van der Waals surface area contributed by atoms with Crippen LogP contribution in [0.25, 0.3) is 0 Å². The number of hydrogen-bond donors (Lipinski definition) is 0. The second-order valence-electron chi connectivity index (χ2n) is 4.78. The maximum absolute atomic E-state index is 4.06. The molecule has 0 aromatic heterocycles. The summed E-state index contributed by atoms with van der Waals surface area (Å²) >= 11 is 1.72. The first-order valence-electron chi connectivity index (χ1n) is 6.90. The standard InChI is InChI=1S/C16H25NS/c1-5-7-14(8-6-2)15-10-9-13(3)16(11-15)18-12-17-4/h9-12,14H,5-8H2,1-4H3. The molecule has 100 valence electrons. The molecule has 1 aromatic rings. The lowest BCUT2D eigenvalue weighted by atomic mass is 9.90. The summed E-state index contributed by atoms with van der Waals surface area (Å²) in [5, 5.41) is 0. The molecule has 0 aliphatic heterocycles. The van der Waals surface area contributed by atoms with Gasteiger partial charge in [0.1, 0.15) is 0 Å². The molecular formula is C16H25NS. The van der Waals surface area contributed by atoms with Crippen molar-refractivity contribution in [3.05, 3.63) is 29.3 Å². The first kappa shape index (κ1) is 15.3. The Morgan fingerprint density at radius 3 is 2.44 bits per heavy atom. The largest absolute Gasteiger partial charge is 0.289 e. The quantitative estimate of drug-likeness (QED) is 0.363. The average molecular weight is 263 g/mol. The van der Waals surface area contributed by atoms with Crippen molar-refractivity contribution in [2.24, 2.45) is 4.99 Å². The maximum atomic E-state index is 4.06. The summed E-state index contributed by atoms with van der Waals surface area (Å²) in [6, 6.07) is 6.91. The Balaban J connectivity index is 2.93. The number of thioether (sulfide) groups is 1. The second-order valence-corrected chi connectivity index (χ2v) is 5.67. The van der Waals surface area contributed by atoms with E-state index in [0.717, 1.165) is 5.92 Å². The Hall–Kier alpha value is -0.760. The minimum atomic E-state index is 0.721. The fourth-order valence-electron chi connectivity index (χ4n) is 2.28. The predicted molar refractivity (Wildman–Crippen MR) is 84.0 cm³/mol. The maximum Gasteiger partial charge on any atom is 0.0585 e. The van der Waals surface area contributed by atoms with Gasteiger partial charge in [0.15, 0.2) is 0 Å². The van der Waals surface area contributed by atoms with Gasteiger partial charge in [-0.25, -0.2) is 0 Å². The molecule has 18 heavy (non-hydrogen) atoms. The molecule has 0 heterocycles. The van der Waals surface area contributed by atoms with E-state index in [0.29, 0.717) is 0 Å². The molecule has 0 fully saturated rings.